The molecule has 0 saturated heterocycles. The van der Waals surface area contributed by atoms with E-state index in [-0.39, 0.29) is 16.3 Å². The van der Waals surface area contributed by atoms with Gasteiger partial charge in [0.15, 0.2) is 0 Å². The molecule has 0 bridgehead atoms. The molecule has 3 nitrogen and oxygen atoms in total. The fourth-order valence-corrected chi connectivity index (χ4v) is 3.14. The molecular weight excluding hydrogens is 401 g/mol. The zero-order valence-electron chi connectivity index (χ0n) is 15.5. The monoisotopic (exact) mass is 418 g/mol. The van der Waals surface area contributed by atoms with Crippen molar-refractivity contribution < 1.29 is 18.0 Å². The van der Waals surface area contributed by atoms with Crippen LogP contribution in [0.15, 0.2) is 72.8 Å². The first-order valence-corrected chi connectivity index (χ1v) is 9.15. The number of carbonyl (C=O) groups excluding carboxylic acids is 1. The van der Waals surface area contributed by atoms with Gasteiger partial charge in [0.2, 0.25) is 0 Å². The largest absolute Gasteiger partial charge is 0.416 e. The van der Waals surface area contributed by atoms with Crippen molar-refractivity contribution in [3.05, 3.63) is 94.5 Å². The summed E-state index contributed by atoms with van der Waals surface area (Å²) in [5.74, 6) is -0.579. The molecule has 1 amide bonds. The van der Waals surface area contributed by atoms with Gasteiger partial charge < -0.3 is 10.2 Å². The number of benzene rings is 3. The van der Waals surface area contributed by atoms with Crippen LogP contribution in [-0.4, -0.2) is 13.0 Å². The lowest BCUT2D eigenvalue weighted by atomic mass is 10.1. The maximum absolute atomic E-state index is 13.2. The normalized spacial score (nSPS) is 11.2. The minimum atomic E-state index is -4.53. The van der Waals surface area contributed by atoms with Gasteiger partial charge in [-0.15, -0.1) is 0 Å². The summed E-state index contributed by atoms with van der Waals surface area (Å²) in [6.45, 7) is 0.459. The summed E-state index contributed by atoms with van der Waals surface area (Å²) in [6, 6.07) is 19.1. The van der Waals surface area contributed by atoms with E-state index in [0.29, 0.717) is 12.2 Å². The van der Waals surface area contributed by atoms with E-state index in [1.807, 2.05) is 30.3 Å². The Morgan fingerprint density at radius 2 is 1.66 bits per heavy atom. The van der Waals surface area contributed by atoms with E-state index in [0.717, 1.165) is 17.7 Å². The molecule has 3 aromatic rings. The Morgan fingerprint density at radius 1 is 1.00 bits per heavy atom. The van der Waals surface area contributed by atoms with Gasteiger partial charge >= 0.3 is 6.18 Å². The average Bonchev–Trinajstić information content (AvgIpc) is 2.68. The number of hydrogen-bond donors (Lipinski definition) is 1. The summed E-state index contributed by atoms with van der Waals surface area (Å²) in [4.78, 5) is 14.4. The Kier molecular flexibility index (Phi) is 6.13. The molecule has 0 aliphatic rings. The first-order chi connectivity index (χ1) is 13.8. The number of rotatable bonds is 5. The molecule has 0 aliphatic heterocycles. The summed E-state index contributed by atoms with van der Waals surface area (Å²) in [7, 11) is 1.75. The number of nitrogens with zero attached hydrogens (tertiary/aromatic N) is 1. The number of hydrogen-bond acceptors (Lipinski definition) is 2. The molecule has 0 saturated carbocycles. The van der Waals surface area contributed by atoms with Crippen molar-refractivity contribution in [1.29, 1.82) is 0 Å². The highest BCUT2D eigenvalue weighted by Crippen LogP contribution is 2.36. The van der Waals surface area contributed by atoms with Gasteiger partial charge in [-0.3, -0.25) is 4.79 Å². The minimum Gasteiger partial charge on any atom is -0.369 e. The highest BCUT2D eigenvalue weighted by atomic mass is 35.5. The van der Waals surface area contributed by atoms with Gasteiger partial charge in [-0.1, -0.05) is 54.1 Å². The van der Waals surface area contributed by atoms with Gasteiger partial charge in [0.1, 0.15) is 0 Å². The second-order valence-electron chi connectivity index (χ2n) is 6.51. The fraction of sp³-hybridized carbons (Fsp3) is 0.136. The Balaban J connectivity index is 1.95. The van der Waals surface area contributed by atoms with Crippen molar-refractivity contribution in [1.82, 2.24) is 0 Å². The number of anilines is 2. The van der Waals surface area contributed by atoms with Gasteiger partial charge in [0, 0.05) is 13.6 Å². The molecule has 0 atom stereocenters. The van der Waals surface area contributed by atoms with Crippen LogP contribution in [0, 0.1) is 0 Å². The molecule has 0 spiro atoms. The number of alkyl halides is 3. The summed E-state index contributed by atoms with van der Waals surface area (Å²) in [5.41, 5.74) is 0.843. The van der Waals surface area contributed by atoms with Gasteiger partial charge in [-0.05, 0) is 35.9 Å². The Morgan fingerprint density at radius 3 is 2.31 bits per heavy atom. The molecule has 3 aromatic carbocycles. The lowest BCUT2D eigenvalue weighted by Gasteiger charge is -2.24. The van der Waals surface area contributed by atoms with Crippen molar-refractivity contribution in [2.45, 2.75) is 12.7 Å². The molecule has 0 aromatic heterocycles. The molecule has 1 N–H and O–H groups in total. The molecule has 7 heteroatoms. The molecule has 3 rings (SSSR count). The number of nitrogens with one attached hydrogen (secondary N) is 1. The topological polar surface area (TPSA) is 32.3 Å². The summed E-state index contributed by atoms with van der Waals surface area (Å²) < 4.78 is 39.7. The fourth-order valence-electron chi connectivity index (χ4n) is 2.92. The molecule has 0 fully saturated rings. The predicted molar refractivity (Wildman–Crippen MR) is 109 cm³/mol. The lowest BCUT2D eigenvalue weighted by Crippen LogP contribution is -2.21. The van der Waals surface area contributed by atoms with Crippen molar-refractivity contribution in [3.8, 4) is 0 Å². The van der Waals surface area contributed by atoms with Crippen LogP contribution < -0.4 is 10.2 Å². The number of carbonyl (C=O) groups is 1. The number of halogens is 4. The Labute approximate surface area is 171 Å². The van der Waals surface area contributed by atoms with Gasteiger partial charge in [0.25, 0.3) is 5.91 Å². The summed E-state index contributed by atoms with van der Waals surface area (Å²) in [5, 5.41) is 2.80. The van der Waals surface area contributed by atoms with E-state index < -0.39 is 17.6 Å². The molecule has 0 aliphatic carbocycles. The third-order valence-electron chi connectivity index (χ3n) is 4.36. The molecule has 0 unspecified atom stereocenters. The van der Waals surface area contributed by atoms with E-state index in [1.54, 1.807) is 30.1 Å². The summed E-state index contributed by atoms with van der Waals surface area (Å²) in [6.07, 6.45) is -4.53. The standard InChI is InChI=1S/C22H18ClF3N2O/c1-28(14-15-7-3-2-4-8-15)20-12-11-16(22(24,25)26)13-19(20)27-21(29)17-9-5-6-10-18(17)23/h2-13H,14H2,1H3,(H,27,29). The molecular formula is C22H18ClF3N2O. The molecule has 150 valence electrons. The first kappa shape index (κ1) is 20.7. The summed E-state index contributed by atoms with van der Waals surface area (Å²) >= 11 is 6.05. The molecule has 0 heterocycles. The molecule has 0 radical (unpaired) electrons. The predicted octanol–water partition coefficient (Wildman–Crippen LogP) is 6.25. The van der Waals surface area contributed by atoms with E-state index >= 15 is 0 Å². The van der Waals surface area contributed by atoms with E-state index in [1.165, 1.54) is 12.1 Å². The van der Waals surface area contributed by atoms with Crippen LogP contribution in [0.3, 0.4) is 0 Å². The van der Waals surface area contributed by atoms with Crippen molar-refractivity contribution in [2.24, 2.45) is 0 Å². The van der Waals surface area contributed by atoms with Crippen LogP contribution in [0.25, 0.3) is 0 Å². The first-order valence-electron chi connectivity index (χ1n) is 8.78. The van der Waals surface area contributed by atoms with Crippen molar-refractivity contribution >= 4 is 28.9 Å². The van der Waals surface area contributed by atoms with Crippen LogP contribution in [0.4, 0.5) is 24.5 Å². The van der Waals surface area contributed by atoms with Gasteiger partial charge in [0.05, 0.1) is 27.5 Å². The van der Waals surface area contributed by atoms with Crippen LogP contribution >= 0.6 is 11.6 Å². The van der Waals surface area contributed by atoms with Gasteiger partial charge in [-0.2, -0.15) is 13.2 Å². The second kappa shape index (κ2) is 8.57. The zero-order chi connectivity index (χ0) is 21.0. The van der Waals surface area contributed by atoms with Gasteiger partial charge in [-0.25, -0.2) is 0 Å². The zero-order valence-corrected chi connectivity index (χ0v) is 16.3. The van der Waals surface area contributed by atoms with Crippen LogP contribution in [0.2, 0.25) is 5.02 Å². The van der Waals surface area contributed by atoms with Crippen LogP contribution in [0.1, 0.15) is 21.5 Å². The Hall–Kier alpha value is -2.99. The second-order valence-corrected chi connectivity index (χ2v) is 6.91. The van der Waals surface area contributed by atoms with Crippen molar-refractivity contribution in [2.75, 3.05) is 17.3 Å². The van der Waals surface area contributed by atoms with E-state index in [4.69, 9.17) is 11.6 Å². The van der Waals surface area contributed by atoms with E-state index in [2.05, 4.69) is 5.32 Å². The average molecular weight is 419 g/mol. The third-order valence-corrected chi connectivity index (χ3v) is 4.69. The van der Waals surface area contributed by atoms with Crippen LogP contribution in [0.5, 0.6) is 0 Å². The highest BCUT2D eigenvalue weighted by Gasteiger charge is 2.31. The SMILES string of the molecule is CN(Cc1ccccc1)c1ccc(C(F)(F)F)cc1NC(=O)c1ccccc1Cl. The smallest absolute Gasteiger partial charge is 0.369 e. The van der Waals surface area contributed by atoms with Crippen LogP contribution in [-0.2, 0) is 12.7 Å². The molecule has 29 heavy (non-hydrogen) atoms. The third kappa shape index (κ3) is 5.09. The quantitative estimate of drug-likeness (QED) is 0.531. The maximum atomic E-state index is 13.2. The van der Waals surface area contributed by atoms with Crippen molar-refractivity contribution in [3.63, 3.8) is 0 Å². The lowest BCUT2D eigenvalue weighted by molar-refractivity contribution is -0.137. The Bertz CT molecular complexity index is 1010. The maximum Gasteiger partial charge on any atom is 0.416 e. The highest BCUT2D eigenvalue weighted by molar-refractivity contribution is 6.34. The van der Waals surface area contributed by atoms with E-state index in [9.17, 15) is 18.0 Å². The number of amides is 1. The minimum absolute atomic E-state index is 0.0585.